The first kappa shape index (κ1) is 16.6. The Morgan fingerprint density at radius 3 is 2.00 bits per heavy atom. The lowest BCUT2D eigenvalue weighted by Gasteiger charge is -2.02. The van der Waals surface area contributed by atoms with Gasteiger partial charge in [-0.1, -0.05) is 72.8 Å². The average molecular weight is 357 g/mol. The average Bonchev–Trinajstić information content (AvgIpc) is 3.14. The molecule has 0 N–H and O–H groups in total. The number of aromatic nitrogens is 1. The van der Waals surface area contributed by atoms with E-state index in [4.69, 9.17) is 9.72 Å². The molecule has 0 spiro atoms. The van der Waals surface area contributed by atoms with Gasteiger partial charge in [-0.2, -0.15) is 0 Å². The summed E-state index contributed by atoms with van der Waals surface area (Å²) in [6, 6.07) is 29.1. The van der Waals surface area contributed by atoms with Crippen LogP contribution in [0.1, 0.15) is 10.6 Å². The molecule has 0 radical (unpaired) electrons. The van der Waals surface area contributed by atoms with Crippen LogP contribution in [-0.4, -0.2) is 12.1 Å². The molecule has 4 aromatic rings. The molecule has 3 aromatic carbocycles. The quantitative estimate of drug-likeness (QED) is 0.432. The van der Waals surface area contributed by atoms with E-state index in [1.807, 2.05) is 24.3 Å². The second kappa shape index (κ2) is 7.54. The third kappa shape index (κ3) is 3.53. The van der Waals surface area contributed by atoms with Crippen molar-refractivity contribution in [3.8, 4) is 27.4 Å². The van der Waals surface area contributed by atoms with Gasteiger partial charge < -0.3 is 4.74 Å². The molecule has 128 valence electrons. The second-order valence-corrected chi connectivity index (χ2v) is 7.13. The van der Waals surface area contributed by atoms with Crippen molar-refractivity contribution in [1.82, 2.24) is 4.98 Å². The lowest BCUT2D eigenvalue weighted by atomic mass is 10.1. The van der Waals surface area contributed by atoms with Crippen LogP contribution < -0.4 is 4.74 Å². The van der Waals surface area contributed by atoms with Gasteiger partial charge in [0.1, 0.15) is 5.75 Å². The number of thiazole rings is 1. The Hall–Kier alpha value is -2.91. The molecular weight excluding hydrogens is 338 g/mol. The summed E-state index contributed by atoms with van der Waals surface area (Å²) >= 11 is 1.77. The predicted molar refractivity (Wildman–Crippen MR) is 109 cm³/mol. The predicted octanol–water partition coefficient (Wildman–Crippen LogP) is 6.08. The van der Waals surface area contributed by atoms with E-state index in [0.29, 0.717) is 0 Å². The smallest absolute Gasteiger partial charge is 0.118 e. The van der Waals surface area contributed by atoms with Crippen LogP contribution in [-0.2, 0) is 6.42 Å². The van der Waals surface area contributed by atoms with Crippen LogP contribution in [0.25, 0.3) is 21.7 Å². The van der Waals surface area contributed by atoms with E-state index in [1.165, 1.54) is 16.0 Å². The summed E-state index contributed by atoms with van der Waals surface area (Å²) in [5, 5.41) is 1.12. The summed E-state index contributed by atoms with van der Waals surface area (Å²) in [6.45, 7) is 0. The van der Waals surface area contributed by atoms with Crippen molar-refractivity contribution in [2.45, 2.75) is 6.42 Å². The van der Waals surface area contributed by atoms with Gasteiger partial charge in [-0.05, 0) is 23.3 Å². The van der Waals surface area contributed by atoms with Gasteiger partial charge in [-0.25, -0.2) is 4.98 Å². The summed E-state index contributed by atoms with van der Waals surface area (Å²) in [5.41, 5.74) is 4.66. The lowest BCUT2D eigenvalue weighted by Crippen LogP contribution is -1.89. The molecule has 0 atom stereocenters. The summed E-state index contributed by atoms with van der Waals surface area (Å²) < 4.78 is 5.25. The summed E-state index contributed by atoms with van der Waals surface area (Å²) in [6.07, 6.45) is 0.821. The molecule has 1 heterocycles. The monoisotopic (exact) mass is 357 g/mol. The third-order valence-electron chi connectivity index (χ3n) is 4.27. The van der Waals surface area contributed by atoms with Crippen molar-refractivity contribution >= 4 is 11.3 Å². The highest BCUT2D eigenvalue weighted by molar-refractivity contribution is 7.15. The van der Waals surface area contributed by atoms with Crippen LogP contribution in [0.3, 0.4) is 0 Å². The standard InChI is InChI=1S/C23H19NOS/c1-25-20-14-12-17(13-15-20)16-21-24-22(18-8-4-2-5-9-18)23(26-21)19-10-6-3-7-11-19/h2-15H,16H2,1H3. The molecule has 0 fully saturated rings. The number of hydrogen-bond donors (Lipinski definition) is 0. The highest BCUT2D eigenvalue weighted by Gasteiger charge is 2.15. The zero-order valence-electron chi connectivity index (χ0n) is 14.6. The number of methoxy groups -OCH3 is 1. The topological polar surface area (TPSA) is 22.1 Å². The maximum Gasteiger partial charge on any atom is 0.118 e. The summed E-state index contributed by atoms with van der Waals surface area (Å²) in [5.74, 6) is 0.878. The van der Waals surface area contributed by atoms with Crippen molar-refractivity contribution in [3.63, 3.8) is 0 Å². The molecule has 1 aromatic heterocycles. The molecule has 0 unspecified atom stereocenters. The molecule has 0 aliphatic rings. The van der Waals surface area contributed by atoms with E-state index in [-0.39, 0.29) is 0 Å². The van der Waals surface area contributed by atoms with E-state index in [2.05, 4.69) is 60.7 Å². The molecule has 0 aliphatic heterocycles. The SMILES string of the molecule is COc1ccc(Cc2nc(-c3ccccc3)c(-c3ccccc3)s2)cc1. The zero-order chi connectivity index (χ0) is 17.8. The number of ether oxygens (including phenoxy) is 1. The zero-order valence-corrected chi connectivity index (χ0v) is 15.4. The molecule has 3 heteroatoms. The van der Waals surface area contributed by atoms with E-state index in [9.17, 15) is 0 Å². The van der Waals surface area contributed by atoms with Crippen LogP contribution in [0.5, 0.6) is 5.75 Å². The molecular formula is C23H19NOS. The van der Waals surface area contributed by atoms with E-state index >= 15 is 0 Å². The molecule has 0 saturated heterocycles. The van der Waals surface area contributed by atoms with Gasteiger partial charge in [0.15, 0.2) is 0 Å². The highest BCUT2D eigenvalue weighted by atomic mass is 32.1. The summed E-state index contributed by atoms with van der Waals surface area (Å²) in [7, 11) is 1.69. The molecule has 0 saturated carbocycles. The van der Waals surface area contributed by atoms with Crippen LogP contribution in [0.15, 0.2) is 84.9 Å². The van der Waals surface area contributed by atoms with Crippen molar-refractivity contribution in [3.05, 3.63) is 95.5 Å². The van der Waals surface area contributed by atoms with Crippen LogP contribution in [0, 0.1) is 0 Å². The first-order valence-corrected chi connectivity index (χ1v) is 9.38. The Bertz CT molecular complexity index is 919. The molecule has 0 aliphatic carbocycles. The van der Waals surface area contributed by atoms with Gasteiger partial charge in [-0.3, -0.25) is 0 Å². The van der Waals surface area contributed by atoms with Gasteiger partial charge in [0, 0.05) is 12.0 Å². The Morgan fingerprint density at radius 2 is 1.38 bits per heavy atom. The maximum absolute atomic E-state index is 5.25. The van der Waals surface area contributed by atoms with Crippen molar-refractivity contribution < 1.29 is 4.74 Å². The van der Waals surface area contributed by atoms with Gasteiger partial charge in [0.25, 0.3) is 0 Å². The molecule has 26 heavy (non-hydrogen) atoms. The number of rotatable bonds is 5. The van der Waals surface area contributed by atoms with Gasteiger partial charge in [-0.15, -0.1) is 11.3 Å². The Labute approximate surface area is 157 Å². The van der Waals surface area contributed by atoms with Gasteiger partial charge in [0.2, 0.25) is 0 Å². The molecule has 0 bridgehead atoms. The minimum atomic E-state index is 0.821. The molecule has 0 amide bonds. The Balaban J connectivity index is 1.73. The second-order valence-electron chi connectivity index (χ2n) is 6.04. The van der Waals surface area contributed by atoms with Crippen LogP contribution >= 0.6 is 11.3 Å². The number of benzene rings is 3. The fourth-order valence-corrected chi connectivity index (χ4v) is 4.06. The van der Waals surface area contributed by atoms with Gasteiger partial charge in [0.05, 0.1) is 22.7 Å². The highest BCUT2D eigenvalue weighted by Crippen LogP contribution is 2.37. The minimum absolute atomic E-state index is 0.821. The van der Waals surface area contributed by atoms with E-state index in [1.54, 1.807) is 18.4 Å². The maximum atomic E-state index is 5.25. The normalized spacial score (nSPS) is 10.7. The minimum Gasteiger partial charge on any atom is -0.497 e. The first-order chi connectivity index (χ1) is 12.8. The molecule has 4 rings (SSSR count). The fourth-order valence-electron chi connectivity index (χ4n) is 2.93. The number of nitrogens with zero attached hydrogens (tertiary/aromatic N) is 1. The number of hydrogen-bond acceptors (Lipinski definition) is 3. The fraction of sp³-hybridized carbons (Fsp3) is 0.0870. The van der Waals surface area contributed by atoms with Crippen molar-refractivity contribution in [2.75, 3.05) is 7.11 Å². The van der Waals surface area contributed by atoms with Crippen LogP contribution in [0.4, 0.5) is 0 Å². The molecule has 2 nitrogen and oxygen atoms in total. The third-order valence-corrected chi connectivity index (χ3v) is 5.37. The van der Waals surface area contributed by atoms with E-state index < -0.39 is 0 Å². The van der Waals surface area contributed by atoms with Gasteiger partial charge >= 0.3 is 0 Å². The van der Waals surface area contributed by atoms with Crippen molar-refractivity contribution in [2.24, 2.45) is 0 Å². The Morgan fingerprint density at radius 1 is 0.769 bits per heavy atom. The van der Waals surface area contributed by atoms with Crippen molar-refractivity contribution in [1.29, 1.82) is 0 Å². The largest absolute Gasteiger partial charge is 0.497 e. The Kier molecular flexibility index (Phi) is 4.80. The van der Waals surface area contributed by atoms with Crippen LogP contribution in [0.2, 0.25) is 0 Å². The lowest BCUT2D eigenvalue weighted by molar-refractivity contribution is 0.414. The summed E-state index contributed by atoms with van der Waals surface area (Å²) in [4.78, 5) is 6.20. The first-order valence-electron chi connectivity index (χ1n) is 8.57. The van der Waals surface area contributed by atoms with E-state index in [0.717, 1.165) is 28.4 Å².